The van der Waals surface area contributed by atoms with Crippen molar-refractivity contribution in [3.8, 4) is 0 Å². The highest BCUT2D eigenvalue weighted by molar-refractivity contribution is 5.82. The highest BCUT2D eigenvalue weighted by Crippen LogP contribution is 2.12. The molecule has 6 heteroatoms. The molecule has 100 valence electrons. The van der Waals surface area contributed by atoms with E-state index in [4.69, 9.17) is 10.2 Å². The number of aliphatic hydroxyl groups excluding tert-OH is 1. The molecule has 4 N–H and O–H groups in total. The van der Waals surface area contributed by atoms with Crippen LogP contribution in [0.3, 0.4) is 0 Å². The number of hydrogen-bond acceptors (Lipinski definition) is 3. The van der Waals surface area contributed by atoms with E-state index < -0.39 is 24.6 Å². The van der Waals surface area contributed by atoms with Crippen LogP contribution in [0.15, 0.2) is 0 Å². The van der Waals surface area contributed by atoms with Crippen LogP contribution in [0.2, 0.25) is 0 Å². The minimum absolute atomic E-state index is 0.0295. The van der Waals surface area contributed by atoms with Gasteiger partial charge in [-0.3, -0.25) is 0 Å². The number of carbonyl (C=O) groups excluding carboxylic acids is 1. The second kappa shape index (κ2) is 7.89. The van der Waals surface area contributed by atoms with Crippen LogP contribution in [0.25, 0.3) is 0 Å². The van der Waals surface area contributed by atoms with Gasteiger partial charge in [0.25, 0.3) is 0 Å². The van der Waals surface area contributed by atoms with E-state index in [1.54, 1.807) is 0 Å². The van der Waals surface area contributed by atoms with Crippen LogP contribution in [-0.2, 0) is 4.79 Å². The van der Waals surface area contributed by atoms with Gasteiger partial charge in [0.2, 0.25) is 0 Å². The number of urea groups is 1. The maximum atomic E-state index is 11.5. The molecule has 2 amide bonds. The third-order valence-corrected chi connectivity index (χ3v) is 2.90. The highest BCUT2D eigenvalue weighted by atomic mass is 16.4. The van der Waals surface area contributed by atoms with Crippen LogP contribution in [0.5, 0.6) is 0 Å². The molecule has 0 heterocycles. The lowest BCUT2D eigenvalue weighted by Crippen LogP contribution is -2.51. The molecule has 0 rings (SSSR count). The van der Waals surface area contributed by atoms with E-state index in [0.29, 0.717) is 5.92 Å². The number of carboxylic acid groups (broad SMARTS) is 1. The van der Waals surface area contributed by atoms with E-state index in [2.05, 4.69) is 10.6 Å². The smallest absolute Gasteiger partial charge is 0.328 e. The summed E-state index contributed by atoms with van der Waals surface area (Å²) in [6.07, 6.45) is 1.89. The lowest BCUT2D eigenvalue weighted by molar-refractivity contribution is -0.140. The van der Waals surface area contributed by atoms with Gasteiger partial charge in [0.1, 0.15) is 0 Å². The van der Waals surface area contributed by atoms with E-state index in [1.165, 1.54) is 0 Å². The van der Waals surface area contributed by atoms with Crippen molar-refractivity contribution in [2.45, 2.75) is 45.7 Å². The molecule has 0 aliphatic carbocycles. The van der Waals surface area contributed by atoms with Gasteiger partial charge in [0.15, 0.2) is 6.04 Å². The Balaban J connectivity index is 4.21. The summed E-state index contributed by atoms with van der Waals surface area (Å²) in [5, 5.41) is 22.3. The molecule has 0 radical (unpaired) electrons. The Hall–Kier alpha value is -1.30. The van der Waals surface area contributed by atoms with E-state index in [0.717, 1.165) is 12.8 Å². The second-order valence-electron chi connectivity index (χ2n) is 4.06. The van der Waals surface area contributed by atoms with Gasteiger partial charge in [-0.05, 0) is 12.8 Å². The Bertz CT molecular complexity index is 254. The van der Waals surface area contributed by atoms with Gasteiger partial charge in [-0.1, -0.05) is 26.7 Å². The van der Waals surface area contributed by atoms with Crippen LogP contribution in [0, 0.1) is 5.92 Å². The molecule has 0 bridgehead atoms. The molecule has 0 aliphatic heterocycles. The normalized spacial score (nSPS) is 14.2. The fraction of sp³-hybridized carbons (Fsp3) is 0.818. The van der Waals surface area contributed by atoms with E-state index in [-0.39, 0.29) is 6.04 Å². The van der Waals surface area contributed by atoms with Crippen molar-refractivity contribution in [3.63, 3.8) is 0 Å². The van der Waals surface area contributed by atoms with Crippen LogP contribution in [0.4, 0.5) is 4.79 Å². The van der Waals surface area contributed by atoms with Crippen molar-refractivity contribution >= 4 is 12.0 Å². The van der Waals surface area contributed by atoms with Crippen molar-refractivity contribution in [2.24, 2.45) is 5.92 Å². The molecule has 0 aromatic heterocycles. The number of nitrogens with one attached hydrogen (secondary N) is 2. The van der Waals surface area contributed by atoms with Crippen LogP contribution < -0.4 is 10.6 Å². The number of rotatable bonds is 7. The predicted octanol–water partition coefficient (Wildman–Crippen LogP) is 0.556. The summed E-state index contributed by atoms with van der Waals surface area (Å²) in [5.74, 6) is -0.893. The Labute approximate surface area is 101 Å². The molecule has 0 spiro atoms. The maximum absolute atomic E-state index is 11.5. The molecule has 0 aliphatic rings. The molecular weight excluding hydrogens is 224 g/mol. The Kier molecular flexibility index (Phi) is 7.29. The van der Waals surface area contributed by atoms with Gasteiger partial charge in [-0.15, -0.1) is 0 Å². The van der Waals surface area contributed by atoms with Crippen molar-refractivity contribution in [2.75, 3.05) is 6.61 Å². The predicted molar refractivity (Wildman–Crippen MR) is 63.7 cm³/mol. The zero-order valence-electron chi connectivity index (χ0n) is 10.6. The molecule has 1 unspecified atom stereocenters. The number of carboxylic acids is 1. The van der Waals surface area contributed by atoms with Crippen molar-refractivity contribution in [3.05, 3.63) is 0 Å². The first-order valence-electron chi connectivity index (χ1n) is 5.86. The number of aliphatic hydroxyl groups is 1. The SMILES string of the molecule is CCC(CC)C(C)NC(=O)N[C@H](CO)C(=O)O. The fourth-order valence-electron chi connectivity index (χ4n) is 1.71. The van der Waals surface area contributed by atoms with Crippen molar-refractivity contribution < 1.29 is 19.8 Å². The average molecular weight is 246 g/mol. The molecule has 0 saturated heterocycles. The Morgan fingerprint density at radius 3 is 2.06 bits per heavy atom. The number of carbonyl (C=O) groups is 2. The third-order valence-electron chi connectivity index (χ3n) is 2.90. The molecule has 0 aromatic carbocycles. The summed E-state index contributed by atoms with van der Waals surface area (Å²) in [6, 6.07) is -1.85. The van der Waals surface area contributed by atoms with Gasteiger partial charge < -0.3 is 20.8 Å². The lowest BCUT2D eigenvalue weighted by atomic mass is 9.96. The highest BCUT2D eigenvalue weighted by Gasteiger charge is 2.21. The van der Waals surface area contributed by atoms with Crippen molar-refractivity contribution in [1.82, 2.24) is 10.6 Å². The Morgan fingerprint density at radius 1 is 1.18 bits per heavy atom. The molecule has 0 saturated carbocycles. The first-order chi connectivity index (χ1) is 7.96. The van der Waals surface area contributed by atoms with Crippen LogP contribution in [-0.4, -0.2) is 40.9 Å². The Morgan fingerprint density at radius 2 is 1.71 bits per heavy atom. The monoisotopic (exact) mass is 246 g/mol. The standard InChI is InChI=1S/C11H22N2O4/c1-4-8(5-2)7(3)12-11(17)13-9(6-14)10(15)16/h7-9,14H,4-6H2,1-3H3,(H,15,16)(H2,12,13,17)/t7?,9-/m1/s1. The molecule has 6 nitrogen and oxygen atoms in total. The van der Waals surface area contributed by atoms with E-state index in [9.17, 15) is 9.59 Å². The largest absolute Gasteiger partial charge is 0.480 e. The summed E-state index contributed by atoms with van der Waals surface area (Å²) in [7, 11) is 0. The van der Waals surface area contributed by atoms with Gasteiger partial charge in [-0.2, -0.15) is 0 Å². The summed E-state index contributed by atoms with van der Waals surface area (Å²) in [5.41, 5.74) is 0. The maximum Gasteiger partial charge on any atom is 0.328 e. The van der Waals surface area contributed by atoms with Gasteiger partial charge in [-0.25, -0.2) is 9.59 Å². The first kappa shape index (κ1) is 15.7. The van der Waals surface area contributed by atoms with Gasteiger partial charge in [0, 0.05) is 6.04 Å². The topological polar surface area (TPSA) is 98.7 Å². The second-order valence-corrected chi connectivity index (χ2v) is 4.06. The summed E-state index contributed by atoms with van der Waals surface area (Å²) in [6.45, 7) is 5.34. The quantitative estimate of drug-likeness (QED) is 0.527. The summed E-state index contributed by atoms with van der Waals surface area (Å²) >= 11 is 0. The minimum Gasteiger partial charge on any atom is -0.480 e. The molecular formula is C11H22N2O4. The molecule has 0 aromatic rings. The molecule has 0 fully saturated rings. The summed E-state index contributed by atoms with van der Waals surface area (Å²) in [4.78, 5) is 22.1. The molecule has 17 heavy (non-hydrogen) atoms. The summed E-state index contributed by atoms with van der Waals surface area (Å²) < 4.78 is 0. The van der Waals surface area contributed by atoms with Crippen LogP contribution in [0.1, 0.15) is 33.6 Å². The zero-order chi connectivity index (χ0) is 13.4. The third kappa shape index (κ3) is 5.53. The first-order valence-corrected chi connectivity index (χ1v) is 5.86. The molecule has 2 atom stereocenters. The minimum atomic E-state index is -1.26. The number of aliphatic carboxylic acids is 1. The number of hydrogen-bond donors (Lipinski definition) is 4. The van der Waals surface area contributed by atoms with E-state index in [1.807, 2.05) is 20.8 Å². The lowest BCUT2D eigenvalue weighted by Gasteiger charge is -2.23. The zero-order valence-corrected chi connectivity index (χ0v) is 10.6. The number of amides is 2. The van der Waals surface area contributed by atoms with E-state index >= 15 is 0 Å². The average Bonchev–Trinajstić information content (AvgIpc) is 2.27. The van der Waals surface area contributed by atoms with Crippen LogP contribution >= 0.6 is 0 Å². The van der Waals surface area contributed by atoms with Gasteiger partial charge >= 0.3 is 12.0 Å². The van der Waals surface area contributed by atoms with Gasteiger partial charge in [0.05, 0.1) is 6.61 Å². The fourth-order valence-corrected chi connectivity index (χ4v) is 1.71. The van der Waals surface area contributed by atoms with Crippen molar-refractivity contribution in [1.29, 1.82) is 0 Å².